The molecule has 1 aromatic rings. The number of likely N-dealkylation sites (N-methyl/N-ethyl adjacent to an activating group) is 1. The number of rotatable bonds is 2. The normalized spacial score (nSPS) is 12.3. The van der Waals surface area contributed by atoms with E-state index < -0.39 is 5.38 Å². The quantitative estimate of drug-likeness (QED) is 0.761. The minimum Gasteiger partial charge on any atom is -0.347 e. The van der Waals surface area contributed by atoms with Crippen molar-refractivity contribution in [2.24, 2.45) is 0 Å². The first-order valence-corrected chi connectivity index (χ1v) is 5.36. The van der Waals surface area contributed by atoms with E-state index in [1.54, 1.807) is 14.1 Å². The van der Waals surface area contributed by atoms with Crippen LogP contribution in [0.3, 0.4) is 0 Å². The Balaban J connectivity index is 2.89. The van der Waals surface area contributed by atoms with Gasteiger partial charge < -0.3 is 4.90 Å². The van der Waals surface area contributed by atoms with Crippen LogP contribution in [0.25, 0.3) is 0 Å². The predicted molar refractivity (Wildman–Crippen MR) is 61.4 cm³/mol. The number of carbonyl (C=O) groups excluding carboxylic acids is 1. The zero-order valence-electron chi connectivity index (χ0n) is 8.00. The molecule has 4 heteroatoms. The van der Waals surface area contributed by atoms with Gasteiger partial charge in [0.15, 0.2) is 0 Å². The van der Waals surface area contributed by atoms with E-state index in [2.05, 4.69) is 15.9 Å². The van der Waals surface area contributed by atoms with Gasteiger partial charge in [-0.05, 0) is 17.7 Å². The minimum atomic E-state index is -0.609. The van der Waals surface area contributed by atoms with Gasteiger partial charge in [0.25, 0.3) is 0 Å². The summed E-state index contributed by atoms with van der Waals surface area (Å²) in [5.74, 6) is -0.107. The van der Waals surface area contributed by atoms with Crippen LogP contribution in [0.2, 0.25) is 0 Å². The van der Waals surface area contributed by atoms with E-state index in [1.165, 1.54) is 4.90 Å². The first-order valence-electron chi connectivity index (χ1n) is 4.13. The highest BCUT2D eigenvalue weighted by Gasteiger charge is 2.19. The van der Waals surface area contributed by atoms with Gasteiger partial charge in [-0.1, -0.05) is 28.1 Å². The molecule has 0 aromatic heterocycles. The molecule has 1 atom stereocenters. The SMILES string of the molecule is CN(C)C(=O)C(Cl)c1cccc(Br)c1. The first kappa shape index (κ1) is 11.5. The lowest BCUT2D eigenvalue weighted by Crippen LogP contribution is -2.25. The maximum atomic E-state index is 11.5. The van der Waals surface area contributed by atoms with Crippen LogP contribution >= 0.6 is 27.5 Å². The Morgan fingerprint density at radius 2 is 2.14 bits per heavy atom. The third-order valence-corrected chi connectivity index (χ3v) is 2.73. The van der Waals surface area contributed by atoms with Crippen LogP contribution in [0, 0.1) is 0 Å². The number of hydrogen-bond acceptors (Lipinski definition) is 1. The Bertz CT molecular complexity index is 341. The Labute approximate surface area is 97.0 Å². The van der Waals surface area contributed by atoms with Crippen molar-refractivity contribution in [3.63, 3.8) is 0 Å². The van der Waals surface area contributed by atoms with E-state index in [0.29, 0.717) is 0 Å². The van der Waals surface area contributed by atoms with Crippen LogP contribution < -0.4 is 0 Å². The third-order valence-electron chi connectivity index (χ3n) is 1.80. The molecule has 0 N–H and O–H groups in total. The fourth-order valence-corrected chi connectivity index (χ4v) is 1.78. The smallest absolute Gasteiger partial charge is 0.244 e. The highest BCUT2D eigenvalue weighted by Crippen LogP contribution is 2.24. The molecule has 0 aliphatic heterocycles. The van der Waals surface area contributed by atoms with Crippen LogP contribution in [-0.4, -0.2) is 24.9 Å². The van der Waals surface area contributed by atoms with Gasteiger partial charge >= 0.3 is 0 Å². The molecule has 0 radical (unpaired) electrons. The molecule has 14 heavy (non-hydrogen) atoms. The number of carbonyl (C=O) groups is 1. The molecule has 0 spiro atoms. The topological polar surface area (TPSA) is 20.3 Å². The summed E-state index contributed by atoms with van der Waals surface area (Å²) in [5.41, 5.74) is 0.805. The molecule has 1 rings (SSSR count). The van der Waals surface area contributed by atoms with Crippen molar-refractivity contribution < 1.29 is 4.79 Å². The van der Waals surface area contributed by atoms with Crippen LogP contribution in [0.1, 0.15) is 10.9 Å². The van der Waals surface area contributed by atoms with Gasteiger partial charge in [-0.2, -0.15) is 0 Å². The minimum absolute atomic E-state index is 0.107. The zero-order valence-corrected chi connectivity index (χ0v) is 10.3. The molecule has 0 bridgehead atoms. The van der Waals surface area contributed by atoms with Crippen molar-refractivity contribution in [2.45, 2.75) is 5.38 Å². The van der Waals surface area contributed by atoms with E-state index >= 15 is 0 Å². The summed E-state index contributed by atoms with van der Waals surface area (Å²) in [6, 6.07) is 7.44. The predicted octanol–water partition coefficient (Wildman–Crippen LogP) is 2.82. The van der Waals surface area contributed by atoms with E-state index in [9.17, 15) is 4.79 Å². The maximum Gasteiger partial charge on any atom is 0.244 e. The van der Waals surface area contributed by atoms with Crippen LogP contribution in [0.5, 0.6) is 0 Å². The molecule has 1 unspecified atom stereocenters. The van der Waals surface area contributed by atoms with E-state index in [0.717, 1.165) is 10.0 Å². The Morgan fingerprint density at radius 1 is 1.50 bits per heavy atom. The van der Waals surface area contributed by atoms with Crippen LogP contribution in [0.15, 0.2) is 28.7 Å². The van der Waals surface area contributed by atoms with Crippen molar-refractivity contribution in [1.82, 2.24) is 4.90 Å². The summed E-state index contributed by atoms with van der Waals surface area (Å²) >= 11 is 9.34. The summed E-state index contributed by atoms with van der Waals surface area (Å²) in [4.78, 5) is 13.0. The molecular weight excluding hydrogens is 265 g/mol. The summed E-state index contributed by atoms with van der Waals surface area (Å²) in [7, 11) is 3.38. The second-order valence-corrected chi connectivity index (χ2v) is 4.50. The number of benzene rings is 1. The maximum absolute atomic E-state index is 11.5. The number of hydrogen-bond donors (Lipinski definition) is 0. The number of alkyl halides is 1. The second-order valence-electron chi connectivity index (χ2n) is 3.15. The molecule has 76 valence electrons. The van der Waals surface area contributed by atoms with Crippen LogP contribution in [-0.2, 0) is 4.79 Å². The Hall–Kier alpha value is -0.540. The van der Waals surface area contributed by atoms with Crippen molar-refractivity contribution in [3.05, 3.63) is 34.3 Å². The summed E-state index contributed by atoms with van der Waals surface area (Å²) < 4.78 is 0.923. The number of halogens is 2. The summed E-state index contributed by atoms with van der Waals surface area (Å²) in [6.07, 6.45) is 0. The lowest BCUT2D eigenvalue weighted by molar-refractivity contribution is -0.128. The monoisotopic (exact) mass is 275 g/mol. The zero-order chi connectivity index (χ0) is 10.7. The Morgan fingerprint density at radius 3 is 2.64 bits per heavy atom. The average Bonchev–Trinajstić information content (AvgIpc) is 2.15. The largest absolute Gasteiger partial charge is 0.347 e. The molecule has 1 amide bonds. The van der Waals surface area contributed by atoms with E-state index in [4.69, 9.17) is 11.6 Å². The highest BCUT2D eigenvalue weighted by atomic mass is 79.9. The molecule has 1 aromatic carbocycles. The van der Waals surface area contributed by atoms with Gasteiger partial charge in [0.2, 0.25) is 5.91 Å². The van der Waals surface area contributed by atoms with Gasteiger partial charge in [-0.3, -0.25) is 4.79 Å². The molecule has 0 aliphatic rings. The van der Waals surface area contributed by atoms with Gasteiger partial charge in [-0.15, -0.1) is 11.6 Å². The molecule has 0 heterocycles. The molecule has 0 fully saturated rings. The number of nitrogens with zero attached hydrogens (tertiary/aromatic N) is 1. The second kappa shape index (κ2) is 4.80. The van der Waals surface area contributed by atoms with Crippen molar-refractivity contribution in [1.29, 1.82) is 0 Å². The molecule has 0 saturated carbocycles. The van der Waals surface area contributed by atoms with E-state index in [-0.39, 0.29) is 5.91 Å². The van der Waals surface area contributed by atoms with Gasteiger partial charge in [0.05, 0.1) is 0 Å². The molecule has 2 nitrogen and oxygen atoms in total. The van der Waals surface area contributed by atoms with Crippen molar-refractivity contribution in [2.75, 3.05) is 14.1 Å². The summed E-state index contributed by atoms with van der Waals surface area (Å²) in [6.45, 7) is 0. The van der Waals surface area contributed by atoms with Crippen molar-refractivity contribution in [3.8, 4) is 0 Å². The fraction of sp³-hybridized carbons (Fsp3) is 0.300. The van der Waals surface area contributed by atoms with Crippen molar-refractivity contribution >= 4 is 33.4 Å². The lowest BCUT2D eigenvalue weighted by atomic mass is 10.1. The summed E-state index contributed by atoms with van der Waals surface area (Å²) in [5, 5.41) is -0.609. The Kier molecular flexibility index (Phi) is 3.96. The van der Waals surface area contributed by atoms with Gasteiger partial charge in [-0.25, -0.2) is 0 Å². The average molecular weight is 277 g/mol. The lowest BCUT2D eigenvalue weighted by Gasteiger charge is -2.15. The highest BCUT2D eigenvalue weighted by molar-refractivity contribution is 9.10. The fourth-order valence-electron chi connectivity index (χ4n) is 1.03. The first-order chi connectivity index (χ1) is 6.52. The molecule has 0 saturated heterocycles. The standard InChI is InChI=1S/C10H11BrClNO/c1-13(2)10(14)9(12)7-4-3-5-8(11)6-7/h3-6,9H,1-2H3. The molecular formula is C10H11BrClNO. The van der Waals surface area contributed by atoms with Gasteiger partial charge in [0, 0.05) is 18.6 Å². The molecule has 0 aliphatic carbocycles. The van der Waals surface area contributed by atoms with Gasteiger partial charge in [0.1, 0.15) is 5.38 Å². The van der Waals surface area contributed by atoms with E-state index in [1.807, 2.05) is 24.3 Å². The van der Waals surface area contributed by atoms with Crippen LogP contribution in [0.4, 0.5) is 0 Å². The number of amides is 1. The third kappa shape index (κ3) is 2.72.